The topological polar surface area (TPSA) is 61.0 Å². The number of thiocarbonyl (C=S) groups is 1. The average Bonchev–Trinajstić information content (AvgIpc) is 2.29. The third-order valence-electron chi connectivity index (χ3n) is 2.91. The molecule has 2 N–H and O–H groups in total. The molecule has 1 aromatic rings. The molecule has 0 bridgehead atoms. The molecule has 5 heteroatoms. The fourth-order valence-electron chi connectivity index (χ4n) is 2.05. The van der Waals surface area contributed by atoms with Crippen LogP contribution in [0.15, 0.2) is 6.07 Å². The van der Waals surface area contributed by atoms with Crippen LogP contribution in [-0.2, 0) is 0 Å². The summed E-state index contributed by atoms with van der Waals surface area (Å²) in [5.41, 5.74) is 6.98. The van der Waals surface area contributed by atoms with Gasteiger partial charge in [-0.2, -0.15) is 4.98 Å². The summed E-state index contributed by atoms with van der Waals surface area (Å²) < 4.78 is 5.79. The van der Waals surface area contributed by atoms with Crippen LogP contribution in [0, 0.1) is 6.92 Å². The van der Waals surface area contributed by atoms with Crippen LogP contribution in [0.25, 0.3) is 0 Å². The summed E-state index contributed by atoms with van der Waals surface area (Å²) >= 11 is 4.92. The van der Waals surface area contributed by atoms with Crippen LogP contribution in [0.1, 0.15) is 43.5 Å². The lowest BCUT2D eigenvalue weighted by Gasteiger charge is -2.21. The third kappa shape index (κ3) is 3.36. The Labute approximate surface area is 107 Å². The van der Waals surface area contributed by atoms with Gasteiger partial charge in [-0.1, -0.05) is 18.6 Å². The van der Waals surface area contributed by atoms with Crippen molar-refractivity contribution in [3.05, 3.63) is 17.5 Å². The molecular weight excluding hydrogens is 234 g/mol. The summed E-state index contributed by atoms with van der Waals surface area (Å²) in [5, 5.41) is 0. The van der Waals surface area contributed by atoms with Crippen LogP contribution in [0.2, 0.25) is 0 Å². The number of aryl methyl sites for hydroxylation is 1. The minimum Gasteiger partial charge on any atom is -0.460 e. The van der Waals surface area contributed by atoms with Gasteiger partial charge in [0.1, 0.15) is 16.8 Å². The number of rotatable bonds is 3. The lowest BCUT2D eigenvalue weighted by atomic mass is 9.98. The Balaban J connectivity index is 2.11. The van der Waals surface area contributed by atoms with Gasteiger partial charge in [-0.3, -0.25) is 0 Å². The molecule has 0 unspecified atom stereocenters. The highest BCUT2D eigenvalue weighted by Gasteiger charge is 2.16. The molecule has 0 radical (unpaired) electrons. The summed E-state index contributed by atoms with van der Waals surface area (Å²) in [7, 11) is 0. The molecule has 1 aliphatic rings. The first-order chi connectivity index (χ1) is 8.15. The highest BCUT2D eigenvalue weighted by molar-refractivity contribution is 7.80. The number of nitrogens with two attached hydrogens (primary N) is 1. The first-order valence-corrected chi connectivity index (χ1v) is 6.38. The van der Waals surface area contributed by atoms with Crippen molar-refractivity contribution >= 4 is 17.2 Å². The van der Waals surface area contributed by atoms with E-state index in [2.05, 4.69) is 9.97 Å². The van der Waals surface area contributed by atoms with Crippen molar-refractivity contribution in [2.45, 2.75) is 45.1 Å². The van der Waals surface area contributed by atoms with Gasteiger partial charge in [0.25, 0.3) is 0 Å². The summed E-state index contributed by atoms with van der Waals surface area (Å²) in [4.78, 5) is 8.77. The Hall–Kier alpha value is -1.23. The zero-order valence-electron chi connectivity index (χ0n) is 9.98. The number of hydrogen-bond donors (Lipinski definition) is 1. The van der Waals surface area contributed by atoms with E-state index in [0.717, 1.165) is 18.5 Å². The Kier molecular flexibility index (Phi) is 3.89. The number of aromatic nitrogens is 2. The minimum absolute atomic E-state index is 0.241. The molecule has 0 aromatic carbocycles. The Morgan fingerprint density at radius 3 is 2.71 bits per heavy atom. The molecule has 1 aliphatic carbocycles. The van der Waals surface area contributed by atoms with E-state index in [4.69, 9.17) is 22.7 Å². The van der Waals surface area contributed by atoms with Gasteiger partial charge >= 0.3 is 6.01 Å². The zero-order chi connectivity index (χ0) is 12.3. The van der Waals surface area contributed by atoms with Crippen LogP contribution in [0.4, 0.5) is 0 Å². The molecule has 0 spiro atoms. The molecule has 4 nitrogen and oxygen atoms in total. The predicted octanol–water partition coefficient (Wildman–Crippen LogP) is 2.13. The van der Waals surface area contributed by atoms with E-state index < -0.39 is 0 Å². The van der Waals surface area contributed by atoms with E-state index in [-0.39, 0.29) is 11.1 Å². The van der Waals surface area contributed by atoms with E-state index in [1.807, 2.05) is 6.92 Å². The van der Waals surface area contributed by atoms with Gasteiger partial charge in [-0.15, -0.1) is 0 Å². The molecule has 1 fully saturated rings. The van der Waals surface area contributed by atoms with Crippen molar-refractivity contribution in [3.8, 4) is 6.01 Å². The van der Waals surface area contributed by atoms with Crippen molar-refractivity contribution in [1.29, 1.82) is 0 Å². The van der Waals surface area contributed by atoms with Crippen molar-refractivity contribution < 1.29 is 4.74 Å². The summed E-state index contributed by atoms with van der Waals surface area (Å²) in [6.45, 7) is 1.89. The van der Waals surface area contributed by atoms with E-state index in [9.17, 15) is 0 Å². The molecule has 0 saturated heterocycles. The molecule has 0 amide bonds. The van der Waals surface area contributed by atoms with Gasteiger partial charge in [-0.25, -0.2) is 4.98 Å². The number of hydrogen-bond acceptors (Lipinski definition) is 4. The maximum absolute atomic E-state index is 5.79. The quantitative estimate of drug-likeness (QED) is 0.834. The lowest BCUT2D eigenvalue weighted by Crippen LogP contribution is -2.22. The van der Waals surface area contributed by atoms with E-state index in [1.165, 1.54) is 19.3 Å². The second-order valence-electron chi connectivity index (χ2n) is 4.42. The zero-order valence-corrected chi connectivity index (χ0v) is 10.8. The second kappa shape index (κ2) is 5.40. The molecule has 1 saturated carbocycles. The number of nitrogens with zero attached hydrogens (tertiary/aromatic N) is 2. The Morgan fingerprint density at radius 1 is 1.35 bits per heavy atom. The summed E-state index contributed by atoms with van der Waals surface area (Å²) in [6.07, 6.45) is 6.15. The van der Waals surface area contributed by atoms with Crippen LogP contribution in [0.5, 0.6) is 6.01 Å². The van der Waals surface area contributed by atoms with E-state index in [0.29, 0.717) is 11.7 Å². The van der Waals surface area contributed by atoms with Crippen LogP contribution in [0.3, 0.4) is 0 Å². The molecule has 92 valence electrons. The normalized spacial score (nSPS) is 16.8. The molecular formula is C12H17N3OS. The highest BCUT2D eigenvalue weighted by atomic mass is 32.1. The molecule has 2 rings (SSSR count). The SMILES string of the molecule is Cc1cc(C(N)=S)nc(OC2CCCCC2)n1. The molecule has 0 atom stereocenters. The van der Waals surface area contributed by atoms with Gasteiger partial charge in [0.2, 0.25) is 0 Å². The fraction of sp³-hybridized carbons (Fsp3) is 0.583. The summed E-state index contributed by atoms with van der Waals surface area (Å²) in [5.74, 6) is 0. The second-order valence-corrected chi connectivity index (χ2v) is 4.86. The Bertz CT molecular complexity index is 416. The van der Waals surface area contributed by atoms with Gasteiger partial charge in [-0.05, 0) is 38.7 Å². The smallest absolute Gasteiger partial charge is 0.317 e. The van der Waals surface area contributed by atoms with Gasteiger partial charge < -0.3 is 10.5 Å². The van der Waals surface area contributed by atoms with E-state index in [1.54, 1.807) is 6.07 Å². The Morgan fingerprint density at radius 2 is 2.06 bits per heavy atom. The van der Waals surface area contributed by atoms with Crippen molar-refractivity contribution in [2.75, 3.05) is 0 Å². The first kappa shape index (κ1) is 12.2. The molecule has 17 heavy (non-hydrogen) atoms. The molecule has 1 aromatic heterocycles. The maximum Gasteiger partial charge on any atom is 0.317 e. The van der Waals surface area contributed by atoms with Crippen LogP contribution in [-0.4, -0.2) is 21.1 Å². The van der Waals surface area contributed by atoms with Crippen molar-refractivity contribution in [2.24, 2.45) is 5.73 Å². The number of ether oxygens (including phenoxy) is 1. The summed E-state index contributed by atoms with van der Waals surface area (Å²) in [6, 6.07) is 2.18. The average molecular weight is 251 g/mol. The predicted molar refractivity (Wildman–Crippen MR) is 70.2 cm³/mol. The molecule has 0 aliphatic heterocycles. The lowest BCUT2D eigenvalue weighted by molar-refractivity contribution is 0.141. The monoisotopic (exact) mass is 251 g/mol. The van der Waals surface area contributed by atoms with Crippen molar-refractivity contribution in [1.82, 2.24) is 9.97 Å². The standard InChI is InChI=1S/C12H17N3OS/c1-8-7-10(11(13)17)15-12(14-8)16-9-5-3-2-4-6-9/h7,9H,2-6H2,1H3,(H2,13,17). The third-order valence-corrected chi connectivity index (χ3v) is 3.12. The van der Waals surface area contributed by atoms with Gasteiger partial charge in [0.15, 0.2) is 0 Å². The maximum atomic E-state index is 5.79. The highest BCUT2D eigenvalue weighted by Crippen LogP contribution is 2.21. The fourth-order valence-corrected chi connectivity index (χ4v) is 2.16. The van der Waals surface area contributed by atoms with E-state index >= 15 is 0 Å². The minimum atomic E-state index is 0.241. The van der Waals surface area contributed by atoms with Crippen LogP contribution < -0.4 is 10.5 Å². The van der Waals surface area contributed by atoms with Crippen LogP contribution >= 0.6 is 12.2 Å². The van der Waals surface area contributed by atoms with Gasteiger partial charge in [0.05, 0.1) is 0 Å². The van der Waals surface area contributed by atoms with Crippen molar-refractivity contribution in [3.63, 3.8) is 0 Å². The largest absolute Gasteiger partial charge is 0.460 e. The first-order valence-electron chi connectivity index (χ1n) is 5.97. The van der Waals surface area contributed by atoms with Gasteiger partial charge in [0, 0.05) is 5.69 Å². The molecule has 1 heterocycles.